The Morgan fingerprint density at radius 3 is 2.65 bits per heavy atom. The lowest BCUT2D eigenvalue weighted by Gasteiger charge is -2.05. The molecule has 7 nitrogen and oxygen atoms in total. The number of amides is 2. The number of hydrogen-bond donors (Lipinski definition) is 2. The summed E-state index contributed by atoms with van der Waals surface area (Å²) in [6.45, 7) is 6.35. The summed E-state index contributed by atoms with van der Waals surface area (Å²) in [5.41, 5.74) is 3.01. The lowest BCUT2D eigenvalue weighted by atomic mass is 10.2. The third-order valence-corrected chi connectivity index (χ3v) is 4.06. The van der Waals surface area contributed by atoms with Crippen LogP contribution < -0.4 is 10.6 Å². The highest BCUT2D eigenvalue weighted by atomic mass is 32.1. The Bertz CT molecular complexity index is 617. The molecular weight excluding hydrogens is 276 g/mol. The summed E-state index contributed by atoms with van der Waals surface area (Å²) in [6.07, 6.45) is 0.815. The number of urea groups is 1. The first-order valence-corrected chi connectivity index (χ1v) is 7.19. The SMILES string of the molecule is CCc1nnc(NC(=O)NCc2c(C)nn(C)c2C)s1. The van der Waals surface area contributed by atoms with Crippen LogP contribution in [0.3, 0.4) is 0 Å². The van der Waals surface area contributed by atoms with Crippen LogP contribution >= 0.6 is 11.3 Å². The molecule has 0 aliphatic rings. The number of carbonyl (C=O) groups is 1. The van der Waals surface area contributed by atoms with Crippen LogP contribution in [-0.4, -0.2) is 26.0 Å². The molecule has 0 fully saturated rings. The number of nitrogens with zero attached hydrogens (tertiary/aromatic N) is 4. The van der Waals surface area contributed by atoms with E-state index in [2.05, 4.69) is 25.9 Å². The predicted octanol–water partition coefficient (Wildman–Crippen LogP) is 1.77. The fourth-order valence-corrected chi connectivity index (χ4v) is 2.50. The van der Waals surface area contributed by atoms with Gasteiger partial charge in [0.25, 0.3) is 0 Å². The van der Waals surface area contributed by atoms with Gasteiger partial charge in [-0.1, -0.05) is 18.3 Å². The lowest BCUT2D eigenvalue weighted by molar-refractivity contribution is 0.251. The van der Waals surface area contributed by atoms with Gasteiger partial charge < -0.3 is 5.32 Å². The van der Waals surface area contributed by atoms with E-state index < -0.39 is 0 Å². The van der Waals surface area contributed by atoms with Gasteiger partial charge in [0.05, 0.1) is 5.69 Å². The monoisotopic (exact) mass is 294 g/mol. The van der Waals surface area contributed by atoms with E-state index in [0.717, 1.165) is 28.4 Å². The quantitative estimate of drug-likeness (QED) is 0.900. The minimum atomic E-state index is -0.286. The Kier molecular flexibility index (Phi) is 4.33. The van der Waals surface area contributed by atoms with Crippen LogP contribution in [-0.2, 0) is 20.0 Å². The number of aromatic nitrogens is 4. The van der Waals surface area contributed by atoms with Crippen molar-refractivity contribution in [1.82, 2.24) is 25.3 Å². The van der Waals surface area contributed by atoms with Crippen LogP contribution in [0, 0.1) is 13.8 Å². The van der Waals surface area contributed by atoms with Crippen molar-refractivity contribution in [3.05, 3.63) is 22.0 Å². The van der Waals surface area contributed by atoms with E-state index in [0.29, 0.717) is 11.7 Å². The van der Waals surface area contributed by atoms with Crippen LogP contribution in [0.15, 0.2) is 0 Å². The van der Waals surface area contributed by atoms with Gasteiger partial charge in [0.1, 0.15) is 5.01 Å². The topological polar surface area (TPSA) is 84.7 Å². The van der Waals surface area contributed by atoms with Crippen molar-refractivity contribution >= 4 is 22.5 Å². The van der Waals surface area contributed by atoms with Crippen molar-refractivity contribution in [2.45, 2.75) is 33.7 Å². The summed E-state index contributed by atoms with van der Waals surface area (Å²) in [7, 11) is 1.89. The molecule has 0 aliphatic carbocycles. The van der Waals surface area contributed by atoms with E-state index in [1.807, 2.05) is 32.5 Å². The van der Waals surface area contributed by atoms with Crippen LogP contribution in [0.1, 0.15) is 28.9 Å². The Morgan fingerprint density at radius 1 is 1.35 bits per heavy atom. The van der Waals surface area contributed by atoms with Gasteiger partial charge in [0, 0.05) is 24.8 Å². The van der Waals surface area contributed by atoms with E-state index in [-0.39, 0.29) is 6.03 Å². The van der Waals surface area contributed by atoms with E-state index >= 15 is 0 Å². The zero-order valence-corrected chi connectivity index (χ0v) is 12.8. The molecule has 0 atom stereocenters. The molecule has 0 bridgehead atoms. The minimum absolute atomic E-state index is 0.286. The van der Waals surface area contributed by atoms with Crippen molar-refractivity contribution in [1.29, 1.82) is 0 Å². The van der Waals surface area contributed by atoms with E-state index in [4.69, 9.17) is 0 Å². The summed E-state index contributed by atoms with van der Waals surface area (Å²) < 4.78 is 1.81. The molecule has 8 heteroatoms. The molecule has 2 aromatic heterocycles. The maximum atomic E-state index is 11.8. The first kappa shape index (κ1) is 14.4. The summed E-state index contributed by atoms with van der Waals surface area (Å²) in [6, 6.07) is -0.286. The zero-order chi connectivity index (χ0) is 14.7. The van der Waals surface area contributed by atoms with Gasteiger partial charge >= 0.3 is 6.03 Å². The largest absolute Gasteiger partial charge is 0.334 e. The fourth-order valence-electron chi connectivity index (χ4n) is 1.83. The Hall–Kier alpha value is -1.96. The Morgan fingerprint density at radius 2 is 2.10 bits per heavy atom. The van der Waals surface area contributed by atoms with Crippen LogP contribution in [0.25, 0.3) is 0 Å². The number of anilines is 1. The minimum Gasteiger partial charge on any atom is -0.334 e. The highest BCUT2D eigenvalue weighted by Crippen LogP contribution is 2.15. The molecule has 0 aromatic carbocycles. The number of hydrogen-bond acceptors (Lipinski definition) is 5. The van der Waals surface area contributed by atoms with E-state index in [1.54, 1.807) is 0 Å². The average molecular weight is 294 g/mol. The standard InChI is InChI=1S/C12H18N6OS/c1-5-10-15-16-12(20-10)14-11(19)13-6-9-7(2)17-18(4)8(9)3/h5-6H2,1-4H3,(H2,13,14,16,19). The zero-order valence-electron chi connectivity index (χ0n) is 12.0. The third kappa shape index (κ3) is 3.13. The summed E-state index contributed by atoms with van der Waals surface area (Å²) >= 11 is 1.38. The maximum Gasteiger partial charge on any atom is 0.321 e. The van der Waals surface area contributed by atoms with Crippen molar-refractivity contribution in [2.24, 2.45) is 7.05 Å². The number of nitrogens with one attached hydrogen (secondary N) is 2. The van der Waals surface area contributed by atoms with Gasteiger partial charge in [-0.2, -0.15) is 5.10 Å². The second kappa shape index (κ2) is 6.00. The average Bonchev–Trinajstić information content (AvgIpc) is 2.94. The van der Waals surface area contributed by atoms with Gasteiger partial charge in [-0.15, -0.1) is 10.2 Å². The van der Waals surface area contributed by atoms with Crippen molar-refractivity contribution < 1.29 is 4.79 Å². The van der Waals surface area contributed by atoms with E-state index in [1.165, 1.54) is 11.3 Å². The van der Waals surface area contributed by atoms with Gasteiger partial charge in [-0.25, -0.2) is 4.79 Å². The van der Waals surface area contributed by atoms with Crippen LogP contribution in [0.4, 0.5) is 9.93 Å². The number of carbonyl (C=O) groups excluding carboxylic acids is 1. The first-order valence-electron chi connectivity index (χ1n) is 6.37. The fraction of sp³-hybridized carbons (Fsp3) is 0.500. The maximum absolute atomic E-state index is 11.8. The molecule has 0 aliphatic heterocycles. The van der Waals surface area contributed by atoms with Crippen LogP contribution in [0.5, 0.6) is 0 Å². The Balaban J connectivity index is 1.92. The highest BCUT2D eigenvalue weighted by Gasteiger charge is 2.11. The molecule has 2 aromatic rings. The number of rotatable bonds is 4. The normalized spacial score (nSPS) is 10.6. The first-order chi connectivity index (χ1) is 9.51. The molecule has 0 radical (unpaired) electrons. The van der Waals surface area contributed by atoms with Gasteiger partial charge in [-0.3, -0.25) is 10.00 Å². The molecule has 0 unspecified atom stereocenters. The van der Waals surface area contributed by atoms with Crippen molar-refractivity contribution in [2.75, 3.05) is 5.32 Å². The molecule has 2 N–H and O–H groups in total. The molecule has 0 saturated carbocycles. The predicted molar refractivity (Wildman–Crippen MR) is 77.8 cm³/mol. The molecule has 108 valence electrons. The smallest absolute Gasteiger partial charge is 0.321 e. The second-order valence-corrected chi connectivity index (χ2v) is 5.50. The van der Waals surface area contributed by atoms with E-state index in [9.17, 15) is 4.79 Å². The molecule has 2 amide bonds. The summed E-state index contributed by atoms with van der Waals surface area (Å²) in [4.78, 5) is 11.8. The second-order valence-electron chi connectivity index (χ2n) is 4.44. The van der Waals surface area contributed by atoms with Gasteiger partial charge in [0.15, 0.2) is 0 Å². The van der Waals surface area contributed by atoms with Crippen molar-refractivity contribution in [3.63, 3.8) is 0 Å². The summed E-state index contributed by atoms with van der Waals surface area (Å²) in [5, 5.41) is 19.1. The molecule has 0 saturated heterocycles. The van der Waals surface area contributed by atoms with Crippen molar-refractivity contribution in [3.8, 4) is 0 Å². The molecule has 2 rings (SSSR count). The number of aryl methyl sites for hydroxylation is 3. The molecular formula is C12H18N6OS. The van der Waals surface area contributed by atoms with Gasteiger partial charge in [-0.05, 0) is 20.3 Å². The molecule has 0 spiro atoms. The summed E-state index contributed by atoms with van der Waals surface area (Å²) in [5.74, 6) is 0. The third-order valence-electron chi connectivity index (χ3n) is 3.07. The van der Waals surface area contributed by atoms with Gasteiger partial charge in [0.2, 0.25) is 5.13 Å². The van der Waals surface area contributed by atoms with Crippen LogP contribution in [0.2, 0.25) is 0 Å². The highest BCUT2D eigenvalue weighted by molar-refractivity contribution is 7.15. The Labute approximate surface area is 121 Å². The molecule has 20 heavy (non-hydrogen) atoms. The molecule has 2 heterocycles. The lowest BCUT2D eigenvalue weighted by Crippen LogP contribution is -2.28.